The molecule has 0 fully saturated rings. The van der Waals surface area contributed by atoms with E-state index in [1.54, 1.807) is 29.2 Å². The fourth-order valence-electron chi connectivity index (χ4n) is 4.35. The second-order valence-corrected chi connectivity index (χ2v) is 9.15. The van der Waals surface area contributed by atoms with Gasteiger partial charge in [-0.05, 0) is 42.8 Å². The van der Waals surface area contributed by atoms with Crippen LogP contribution in [0.25, 0.3) is 11.3 Å². The number of amides is 2. The molecule has 0 bridgehead atoms. The van der Waals surface area contributed by atoms with E-state index in [-0.39, 0.29) is 44.1 Å². The van der Waals surface area contributed by atoms with Crippen LogP contribution in [0.15, 0.2) is 48.5 Å². The normalized spacial score (nSPS) is 13.3. The summed E-state index contributed by atoms with van der Waals surface area (Å²) < 4.78 is 29.4. The number of rotatable bonds is 10. The Bertz CT molecular complexity index is 1250. The van der Waals surface area contributed by atoms with Gasteiger partial charge in [0.05, 0.1) is 19.0 Å². The third-order valence-corrected chi connectivity index (χ3v) is 6.31. The lowest BCUT2D eigenvalue weighted by molar-refractivity contribution is -0.136. The molecule has 204 valence electrons. The molecule has 1 aliphatic heterocycles. The van der Waals surface area contributed by atoms with Gasteiger partial charge in [0.15, 0.2) is 0 Å². The van der Waals surface area contributed by atoms with Crippen LogP contribution >= 0.6 is 13.5 Å². The van der Waals surface area contributed by atoms with E-state index in [2.05, 4.69) is 17.6 Å². The number of fused-ring (bicyclic) bond motifs is 1. The largest absolute Gasteiger partial charge is 0.356 e. The molecule has 38 heavy (non-hydrogen) atoms. The number of halogens is 2. The number of imidazole rings is 1. The number of aromatic nitrogens is 2. The van der Waals surface area contributed by atoms with Gasteiger partial charge in [-0.3, -0.25) is 9.59 Å². The Morgan fingerprint density at radius 3 is 2.55 bits per heavy atom. The van der Waals surface area contributed by atoms with Crippen molar-refractivity contribution in [1.29, 1.82) is 0 Å². The molecule has 2 amide bonds. The Kier molecular flexibility index (Phi) is 10.3. The van der Waals surface area contributed by atoms with Crippen molar-refractivity contribution in [1.82, 2.24) is 19.8 Å². The van der Waals surface area contributed by atoms with Crippen LogP contribution in [0.3, 0.4) is 0 Å². The van der Waals surface area contributed by atoms with E-state index in [0.717, 1.165) is 19.3 Å². The Balaban J connectivity index is 0.00000400. The lowest BCUT2D eigenvalue weighted by Crippen LogP contribution is -2.48. The van der Waals surface area contributed by atoms with Crippen LogP contribution in [0.1, 0.15) is 38.4 Å². The predicted molar refractivity (Wildman–Crippen MR) is 148 cm³/mol. The highest BCUT2D eigenvalue weighted by atomic mass is 32.1. The highest BCUT2D eigenvalue weighted by Gasteiger charge is 2.30. The molecule has 0 saturated carbocycles. The van der Waals surface area contributed by atoms with Gasteiger partial charge in [-0.2, -0.15) is 13.5 Å². The highest BCUT2D eigenvalue weighted by Crippen LogP contribution is 2.33. The molecule has 0 spiro atoms. The number of benzene rings is 2. The third-order valence-electron chi connectivity index (χ3n) is 6.31. The topological polar surface area (TPSA) is 105 Å². The lowest BCUT2D eigenvalue weighted by Gasteiger charge is -2.30. The van der Waals surface area contributed by atoms with Gasteiger partial charge in [0.25, 0.3) is 0 Å². The molecule has 4 N–H and O–H groups in total. The van der Waals surface area contributed by atoms with Gasteiger partial charge in [0.2, 0.25) is 11.8 Å². The minimum atomic E-state index is -0.952. The van der Waals surface area contributed by atoms with Crippen molar-refractivity contribution in [3.05, 3.63) is 66.0 Å². The van der Waals surface area contributed by atoms with Gasteiger partial charge < -0.3 is 25.8 Å². The van der Waals surface area contributed by atoms with E-state index in [9.17, 15) is 18.4 Å². The molecule has 0 radical (unpaired) electrons. The fourth-order valence-corrected chi connectivity index (χ4v) is 4.35. The average Bonchev–Trinajstić information content (AvgIpc) is 3.25. The Morgan fingerprint density at radius 1 is 1.08 bits per heavy atom. The molecule has 11 heteroatoms. The fraction of sp³-hybridized carbons (Fsp3) is 0.370. The Hall–Kier alpha value is -3.44. The maximum atomic E-state index is 14.0. The summed E-state index contributed by atoms with van der Waals surface area (Å²) >= 11 is 0. The molecule has 3 aromatic rings. The summed E-state index contributed by atoms with van der Waals surface area (Å²) in [6.07, 6.45) is 2.89. The number of carbonyl (C=O) groups is 2. The maximum Gasteiger partial charge on any atom is 0.240 e. The first-order chi connectivity index (χ1) is 17.9. The second kappa shape index (κ2) is 13.4. The van der Waals surface area contributed by atoms with Crippen LogP contribution in [0.2, 0.25) is 0 Å². The SMILES string of the molecule is CCCCCNC(=O)C[C@H](N)C(=O)N1CCn2c(nc(-c3cccc(F)c3)c2Nc2ccc(F)cc2)C1.S. The number of hydrogen-bond donors (Lipinski definition) is 3. The first-order valence-corrected chi connectivity index (χ1v) is 12.5. The van der Waals surface area contributed by atoms with E-state index in [1.807, 2.05) is 4.57 Å². The molecule has 1 aliphatic rings. The van der Waals surface area contributed by atoms with Gasteiger partial charge in [-0.25, -0.2) is 13.8 Å². The molecule has 0 saturated heterocycles. The van der Waals surface area contributed by atoms with Crippen LogP contribution in [-0.4, -0.2) is 45.4 Å². The molecule has 4 rings (SSSR count). The molecule has 2 heterocycles. The second-order valence-electron chi connectivity index (χ2n) is 9.15. The summed E-state index contributed by atoms with van der Waals surface area (Å²) in [6, 6.07) is 11.1. The van der Waals surface area contributed by atoms with Crippen LogP contribution in [0.5, 0.6) is 0 Å². The van der Waals surface area contributed by atoms with Crippen LogP contribution in [0, 0.1) is 11.6 Å². The molecular formula is C27H34F2N6O2S. The van der Waals surface area contributed by atoms with Crippen molar-refractivity contribution in [3.63, 3.8) is 0 Å². The van der Waals surface area contributed by atoms with E-state index >= 15 is 0 Å². The first kappa shape index (κ1) is 29.1. The Labute approximate surface area is 228 Å². The summed E-state index contributed by atoms with van der Waals surface area (Å²) in [5.74, 6) is -0.0963. The van der Waals surface area contributed by atoms with E-state index in [4.69, 9.17) is 10.7 Å². The molecule has 8 nitrogen and oxygen atoms in total. The third kappa shape index (κ3) is 7.11. The van der Waals surface area contributed by atoms with Crippen molar-refractivity contribution < 1.29 is 18.4 Å². The summed E-state index contributed by atoms with van der Waals surface area (Å²) in [7, 11) is 0. The van der Waals surface area contributed by atoms with Gasteiger partial charge in [-0.15, -0.1) is 0 Å². The van der Waals surface area contributed by atoms with Gasteiger partial charge in [0.1, 0.15) is 29.0 Å². The minimum Gasteiger partial charge on any atom is -0.356 e. The predicted octanol–water partition coefficient (Wildman–Crippen LogP) is 4.05. The number of anilines is 2. The van der Waals surface area contributed by atoms with E-state index < -0.39 is 11.9 Å². The number of nitrogens with zero attached hydrogens (tertiary/aromatic N) is 3. The smallest absolute Gasteiger partial charge is 0.240 e. The van der Waals surface area contributed by atoms with Crippen molar-refractivity contribution in [2.24, 2.45) is 5.73 Å². The van der Waals surface area contributed by atoms with E-state index in [1.165, 1.54) is 24.3 Å². The quantitative estimate of drug-likeness (QED) is 0.334. The van der Waals surface area contributed by atoms with Crippen molar-refractivity contribution in [2.75, 3.05) is 18.4 Å². The molecular weight excluding hydrogens is 510 g/mol. The van der Waals surface area contributed by atoms with Gasteiger partial charge >= 0.3 is 0 Å². The number of unbranched alkanes of at least 4 members (excludes halogenated alkanes) is 2. The standard InChI is InChI=1S/C27H32F2N6O2.H2S/c1-2-3-4-12-31-24(36)16-22(30)27(37)34-13-14-35-23(17-34)33-25(18-6-5-7-20(29)15-18)26(35)32-21-10-8-19(28)9-11-21;/h5-11,15,22,32H,2-4,12-14,16-17,30H2,1H3,(H,31,36);1H2/t22-;/m0./s1. The molecule has 1 aromatic heterocycles. The molecule has 1 atom stereocenters. The van der Waals surface area contributed by atoms with Crippen LogP contribution < -0.4 is 16.4 Å². The van der Waals surface area contributed by atoms with Gasteiger partial charge in [0, 0.05) is 30.9 Å². The molecule has 2 aromatic carbocycles. The van der Waals surface area contributed by atoms with Crippen LogP contribution in [0.4, 0.5) is 20.3 Å². The number of hydrogen-bond acceptors (Lipinski definition) is 5. The maximum absolute atomic E-state index is 14.0. The average molecular weight is 545 g/mol. The molecule has 0 unspecified atom stereocenters. The van der Waals surface area contributed by atoms with E-state index in [0.29, 0.717) is 48.2 Å². The van der Waals surface area contributed by atoms with Crippen molar-refractivity contribution in [2.45, 2.75) is 51.7 Å². The van der Waals surface area contributed by atoms with Crippen molar-refractivity contribution in [3.8, 4) is 11.3 Å². The zero-order chi connectivity index (χ0) is 26.4. The first-order valence-electron chi connectivity index (χ1n) is 12.5. The minimum absolute atomic E-state index is 0. The highest BCUT2D eigenvalue weighted by molar-refractivity contribution is 7.59. The molecule has 0 aliphatic carbocycles. The summed E-state index contributed by atoms with van der Waals surface area (Å²) in [5.41, 5.74) is 7.83. The van der Waals surface area contributed by atoms with Gasteiger partial charge in [-0.1, -0.05) is 31.9 Å². The van der Waals surface area contributed by atoms with Crippen molar-refractivity contribution >= 4 is 36.8 Å². The summed E-state index contributed by atoms with van der Waals surface area (Å²) in [4.78, 5) is 31.5. The number of carbonyl (C=O) groups excluding carboxylic acids is 2. The zero-order valence-electron chi connectivity index (χ0n) is 21.3. The summed E-state index contributed by atoms with van der Waals surface area (Å²) in [6.45, 7) is 3.64. The summed E-state index contributed by atoms with van der Waals surface area (Å²) in [5, 5.41) is 6.09. The monoisotopic (exact) mass is 544 g/mol. The Morgan fingerprint density at radius 2 is 1.84 bits per heavy atom. The number of nitrogens with one attached hydrogen (secondary N) is 2. The zero-order valence-corrected chi connectivity index (χ0v) is 22.3. The van der Waals surface area contributed by atoms with Crippen LogP contribution in [-0.2, 0) is 22.7 Å². The number of nitrogens with two attached hydrogens (primary N) is 1. The lowest BCUT2D eigenvalue weighted by atomic mass is 10.1.